The molecule has 0 radical (unpaired) electrons. The summed E-state index contributed by atoms with van der Waals surface area (Å²) in [4.78, 5) is 11.9. The molecule has 0 aliphatic heterocycles. The van der Waals surface area contributed by atoms with Crippen molar-refractivity contribution < 1.29 is 4.79 Å². The molecule has 1 aromatic carbocycles. The predicted octanol–water partition coefficient (Wildman–Crippen LogP) is 3.94. The Balaban J connectivity index is 1.88. The Morgan fingerprint density at radius 3 is 2.72 bits per heavy atom. The van der Waals surface area contributed by atoms with E-state index in [-0.39, 0.29) is 5.91 Å². The molecule has 3 nitrogen and oxygen atoms in total. The van der Waals surface area contributed by atoms with Gasteiger partial charge in [-0.1, -0.05) is 19.3 Å². The van der Waals surface area contributed by atoms with Crippen molar-refractivity contribution in [3.8, 4) is 0 Å². The number of benzene rings is 1. The number of carbonyl (C=O) groups is 1. The van der Waals surface area contributed by atoms with Gasteiger partial charge >= 0.3 is 0 Å². The van der Waals surface area contributed by atoms with E-state index in [0.29, 0.717) is 18.0 Å². The Bertz CT molecular complexity index is 428. The quantitative estimate of drug-likeness (QED) is 0.831. The summed E-state index contributed by atoms with van der Waals surface area (Å²) in [5.41, 5.74) is 7.19. The Labute approximate surface area is 116 Å². The average Bonchev–Trinajstić information content (AvgIpc) is 2.35. The number of halogens is 1. The summed E-state index contributed by atoms with van der Waals surface area (Å²) in [6.07, 6.45) is 6.89. The van der Waals surface area contributed by atoms with Crippen LogP contribution in [0.15, 0.2) is 22.7 Å². The topological polar surface area (TPSA) is 55.1 Å². The first kappa shape index (κ1) is 13.4. The molecular formula is C14H19BrN2O. The van der Waals surface area contributed by atoms with Crippen molar-refractivity contribution in [1.82, 2.24) is 0 Å². The second-order valence-electron chi connectivity index (χ2n) is 4.99. The zero-order valence-electron chi connectivity index (χ0n) is 10.4. The third kappa shape index (κ3) is 3.73. The first-order valence-electron chi connectivity index (χ1n) is 6.50. The van der Waals surface area contributed by atoms with Crippen LogP contribution in [0, 0.1) is 5.92 Å². The lowest BCUT2D eigenvalue weighted by molar-refractivity contribution is -0.117. The van der Waals surface area contributed by atoms with Crippen molar-refractivity contribution in [2.75, 3.05) is 11.1 Å². The Kier molecular flexibility index (Phi) is 4.64. The van der Waals surface area contributed by atoms with Crippen molar-refractivity contribution in [2.45, 2.75) is 38.5 Å². The van der Waals surface area contributed by atoms with Gasteiger partial charge in [-0.15, -0.1) is 0 Å². The Morgan fingerprint density at radius 2 is 2.06 bits per heavy atom. The number of rotatable bonds is 3. The van der Waals surface area contributed by atoms with Crippen LogP contribution in [0.1, 0.15) is 38.5 Å². The van der Waals surface area contributed by atoms with Crippen LogP contribution >= 0.6 is 15.9 Å². The molecule has 0 unspecified atom stereocenters. The summed E-state index contributed by atoms with van der Waals surface area (Å²) in [6, 6.07) is 5.47. The summed E-state index contributed by atoms with van der Waals surface area (Å²) < 4.78 is 0.818. The van der Waals surface area contributed by atoms with Crippen LogP contribution in [-0.2, 0) is 4.79 Å². The largest absolute Gasteiger partial charge is 0.398 e. The number of nitrogens with one attached hydrogen (secondary N) is 1. The minimum absolute atomic E-state index is 0.110. The van der Waals surface area contributed by atoms with Crippen LogP contribution in [0.5, 0.6) is 0 Å². The number of anilines is 2. The van der Waals surface area contributed by atoms with E-state index < -0.39 is 0 Å². The first-order chi connectivity index (χ1) is 8.65. The van der Waals surface area contributed by atoms with Gasteiger partial charge in [0.25, 0.3) is 0 Å². The molecule has 0 bridgehead atoms. The number of nitrogen functional groups attached to an aromatic ring is 1. The Morgan fingerprint density at radius 1 is 1.33 bits per heavy atom. The molecule has 4 heteroatoms. The summed E-state index contributed by atoms with van der Waals surface area (Å²) in [5.74, 6) is 0.676. The first-order valence-corrected chi connectivity index (χ1v) is 7.29. The number of hydrogen-bond donors (Lipinski definition) is 2. The van der Waals surface area contributed by atoms with E-state index in [1.54, 1.807) is 6.07 Å². The summed E-state index contributed by atoms with van der Waals surface area (Å²) in [5, 5.41) is 2.93. The SMILES string of the molecule is Nc1ccc(NC(=O)CC2CCCCC2)cc1Br. The van der Waals surface area contributed by atoms with Crippen molar-refractivity contribution in [3.05, 3.63) is 22.7 Å². The second kappa shape index (κ2) is 6.23. The van der Waals surface area contributed by atoms with E-state index >= 15 is 0 Å². The van der Waals surface area contributed by atoms with Gasteiger partial charge in [-0.25, -0.2) is 0 Å². The number of amides is 1. The predicted molar refractivity (Wildman–Crippen MR) is 78.4 cm³/mol. The monoisotopic (exact) mass is 310 g/mol. The van der Waals surface area contributed by atoms with Crippen molar-refractivity contribution >= 4 is 33.2 Å². The molecule has 0 atom stereocenters. The second-order valence-corrected chi connectivity index (χ2v) is 5.85. The van der Waals surface area contributed by atoms with Gasteiger partial charge in [0.05, 0.1) is 0 Å². The van der Waals surface area contributed by atoms with E-state index in [1.165, 1.54) is 32.1 Å². The standard InChI is InChI=1S/C14H19BrN2O/c15-12-9-11(6-7-13(12)16)17-14(18)8-10-4-2-1-3-5-10/h6-7,9-10H,1-5,8,16H2,(H,17,18). The van der Waals surface area contributed by atoms with Crippen LogP contribution in [0.3, 0.4) is 0 Å². The van der Waals surface area contributed by atoms with Crippen LogP contribution < -0.4 is 11.1 Å². The number of hydrogen-bond acceptors (Lipinski definition) is 2. The fourth-order valence-electron chi connectivity index (χ4n) is 2.47. The van der Waals surface area contributed by atoms with Crippen LogP contribution in [-0.4, -0.2) is 5.91 Å². The molecule has 1 aromatic rings. The van der Waals surface area contributed by atoms with E-state index in [0.717, 1.165) is 10.2 Å². The number of carbonyl (C=O) groups excluding carboxylic acids is 1. The van der Waals surface area contributed by atoms with Gasteiger partial charge in [-0.05, 0) is 52.9 Å². The van der Waals surface area contributed by atoms with E-state index in [2.05, 4.69) is 21.2 Å². The molecule has 1 fully saturated rings. The normalized spacial score (nSPS) is 16.5. The van der Waals surface area contributed by atoms with E-state index in [1.807, 2.05) is 12.1 Å². The molecule has 1 aliphatic carbocycles. The zero-order chi connectivity index (χ0) is 13.0. The average molecular weight is 311 g/mol. The van der Waals surface area contributed by atoms with Gasteiger partial charge in [0.1, 0.15) is 0 Å². The number of nitrogens with two attached hydrogens (primary N) is 1. The van der Waals surface area contributed by atoms with Gasteiger partial charge < -0.3 is 11.1 Å². The molecule has 3 N–H and O–H groups in total. The Hall–Kier alpha value is -1.03. The molecule has 2 rings (SSSR count). The highest BCUT2D eigenvalue weighted by Crippen LogP contribution is 2.27. The van der Waals surface area contributed by atoms with Gasteiger partial charge in [0, 0.05) is 22.3 Å². The smallest absolute Gasteiger partial charge is 0.224 e. The lowest BCUT2D eigenvalue weighted by Crippen LogP contribution is -2.18. The molecule has 1 aliphatic rings. The highest BCUT2D eigenvalue weighted by molar-refractivity contribution is 9.10. The van der Waals surface area contributed by atoms with Crippen molar-refractivity contribution in [1.29, 1.82) is 0 Å². The molecule has 18 heavy (non-hydrogen) atoms. The van der Waals surface area contributed by atoms with Crippen LogP contribution in [0.25, 0.3) is 0 Å². The highest BCUT2D eigenvalue weighted by Gasteiger charge is 2.17. The fraction of sp³-hybridized carbons (Fsp3) is 0.500. The molecule has 0 spiro atoms. The van der Waals surface area contributed by atoms with E-state index in [4.69, 9.17) is 5.73 Å². The molecule has 0 aromatic heterocycles. The molecule has 1 saturated carbocycles. The lowest BCUT2D eigenvalue weighted by Gasteiger charge is -2.20. The maximum absolute atomic E-state index is 11.9. The third-order valence-corrected chi connectivity index (χ3v) is 4.17. The van der Waals surface area contributed by atoms with Gasteiger partial charge in [0.15, 0.2) is 0 Å². The van der Waals surface area contributed by atoms with Gasteiger partial charge in [0.2, 0.25) is 5.91 Å². The minimum Gasteiger partial charge on any atom is -0.398 e. The fourth-order valence-corrected chi connectivity index (χ4v) is 2.85. The third-order valence-electron chi connectivity index (χ3n) is 3.48. The molecule has 0 heterocycles. The van der Waals surface area contributed by atoms with Gasteiger partial charge in [-0.2, -0.15) is 0 Å². The van der Waals surface area contributed by atoms with Crippen molar-refractivity contribution in [2.24, 2.45) is 5.92 Å². The summed E-state index contributed by atoms with van der Waals surface area (Å²) >= 11 is 3.36. The summed E-state index contributed by atoms with van der Waals surface area (Å²) in [7, 11) is 0. The highest BCUT2D eigenvalue weighted by atomic mass is 79.9. The molecule has 98 valence electrons. The van der Waals surface area contributed by atoms with Crippen molar-refractivity contribution in [3.63, 3.8) is 0 Å². The maximum Gasteiger partial charge on any atom is 0.224 e. The van der Waals surface area contributed by atoms with Crippen LogP contribution in [0.4, 0.5) is 11.4 Å². The van der Waals surface area contributed by atoms with Gasteiger partial charge in [-0.3, -0.25) is 4.79 Å². The summed E-state index contributed by atoms with van der Waals surface area (Å²) in [6.45, 7) is 0. The molecule has 0 saturated heterocycles. The zero-order valence-corrected chi connectivity index (χ0v) is 12.0. The minimum atomic E-state index is 0.110. The lowest BCUT2D eigenvalue weighted by atomic mass is 9.87. The molecular weight excluding hydrogens is 292 g/mol. The molecule has 1 amide bonds. The maximum atomic E-state index is 11.9. The van der Waals surface area contributed by atoms with Crippen LogP contribution in [0.2, 0.25) is 0 Å². The van der Waals surface area contributed by atoms with E-state index in [9.17, 15) is 4.79 Å².